The number of nitrogens with zero attached hydrogens (tertiary/aromatic N) is 5. The molecule has 0 bridgehead atoms. The molecular formula is C20H24N6O2. The maximum absolute atomic E-state index is 12.5. The molecule has 146 valence electrons. The highest BCUT2D eigenvalue weighted by atomic mass is 16.2. The van der Waals surface area contributed by atoms with Crippen LogP contribution in [0.2, 0.25) is 0 Å². The molecule has 8 heteroatoms. The first-order valence-electron chi connectivity index (χ1n) is 9.57. The number of piperidine rings is 1. The summed E-state index contributed by atoms with van der Waals surface area (Å²) in [4.78, 5) is 31.6. The second-order valence-electron chi connectivity index (χ2n) is 7.51. The molecule has 1 atom stereocenters. The molecule has 0 saturated carbocycles. The summed E-state index contributed by atoms with van der Waals surface area (Å²) in [6, 6.07) is 9.34. The summed E-state index contributed by atoms with van der Waals surface area (Å²) in [5.74, 6) is 1.45. The van der Waals surface area contributed by atoms with Crippen molar-refractivity contribution in [3.05, 3.63) is 52.6 Å². The molecule has 1 saturated heterocycles. The van der Waals surface area contributed by atoms with Gasteiger partial charge >= 0.3 is 5.69 Å². The van der Waals surface area contributed by atoms with Crippen LogP contribution in [-0.4, -0.2) is 38.2 Å². The van der Waals surface area contributed by atoms with E-state index in [0.29, 0.717) is 17.4 Å². The van der Waals surface area contributed by atoms with Gasteiger partial charge in [0.2, 0.25) is 5.91 Å². The van der Waals surface area contributed by atoms with Gasteiger partial charge in [-0.25, -0.2) is 13.9 Å². The van der Waals surface area contributed by atoms with E-state index in [2.05, 4.69) is 27.2 Å². The van der Waals surface area contributed by atoms with Crippen LogP contribution < -0.4 is 15.9 Å². The Morgan fingerprint density at radius 1 is 1.32 bits per heavy atom. The van der Waals surface area contributed by atoms with Crippen LogP contribution in [0.25, 0.3) is 5.78 Å². The average molecular weight is 380 g/mol. The summed E-state index contributed by atoms with van der Waals surface area (Å²) in [7, 11) is 0. The van der Waals surface area contributed by atoms with E-state index in [1.54, 1.807) is 6.20 Å². The highest BCUT2D eigenvalue weighted by Gasteiger charge is 2.19. The molecule has 0 unspecified atom stereocenters. The third-order valence-electron chi connectivity index (χ3n) is 5.02. The maximum atomic E-state index is 12.5. The second-order valence-corrected chi connectivity index (χ2v) is 7.51. The Hall–Kier alpha value is -3.16. The van der Waals surface area contributed by atoms with Gasteiger partial charge in [0.15, 0.2) is 0 Å². The normalized spacial score (nSPS) is 17.1. The molecule has 0 spiro atoms. The van der Waals surface area contributed by atoms with E-state index in [4.69, 9.17) is 0 Å². The van der Waals surface area contributed by atoms with Crippen LogP contribution in [0.4, 0.5) is 11.5 Å². The molecule has 1 aliphatic heterocycles. The summed E-state index contributed by atoms with van der Waals surface area (Å²) in [6.45, 7) is 5.93. The van der Waals surface area contributed by atoms with Gasteiger partial charge in [0, 0.05) is 25.0 Å². The Bertz CT molecular complexity index is 1070. The summed E-state index contributed by atoms with van der Waals surface area (Å²) >= 11 is 0. The van der Waals surface area contributed by atoms with Crippen LogP contribution in [0.3, 0.4) is 0 Å². The molecular weight excluding hydrogens is 356 g/mol. The van der Waals surface area contributed by atoms with Crippen LogP contribution in [-0.2, 0) is 11.3 Å². The number of hydrogen-bond donors (Lipinski definition) is 1. The molecule has 8 nitrogen and oxygen atoms in total. The number of anilines is 2. The Kier molecular flexibility index (Phi) is 4.85. The number of carbonyl (C=O) groups excluding carboxylic acids is 1. The van der Waals surface area contributed by atoms with Crippen LogP contribution >= 0.6 is 0 Å². The Balaban J connectivity index is 1.53. The number of benzene rings is 1. The van der Waals surface area contributed by atoms with E-state index >= 15 is 0 Å². The van der Waals surface area contributed by atoms with Crippen LogP contribution in [0.1, 0.15) is 25.3 Å². The minimum absolute atomic E-state index is 0.160. The molecule has 3 aromatic rings. The number of hydrogen-bond acceptors (Lipinski definition) is 5. The van der Waals surface area contributed by atoms with Gasteiger partial charge in [0.05, 0.1) is 0 Å². The van der Waals surface area contributed by atoms with Crippen molar-refractivity contribution in [2.24, 2.45) is 5.92 Å². The monoisotopic (exact) mass is 380 g/mol. The minimum atomic E-state index is -0.375. The smallest absolute Gasteiger partial charge is 0.352 e. The van der Waals surface area contributed by atoms with Crippen LogP contribution in [0, 0.1) is 12.8 Å². The third kappa shape index (κ3) is 3.76. The Morgan fingerprint density at radius 2 is 2.18 bits per heavy atom. The molecule has 2 aromatic heterocycles. The fourth-order valence-corrected chi connectivity index (χ4v) is 3.63. The number of aryl methyl sites for hydroxylation is 1. The third-order valence-corrected chi connectivity index (χ3v) is 5.02. The molecule has 1 fully saturated rings. The van der Waals surface area contributed by atoms with Gasteiger partial charge in [-0.2, -0.15) is 4.98 Å². The number of rotatable bonds is 4. The zero-order chi connectivity index (χ0) is 19.7. The molecule has 0 radical (unpaired) electrons. The van der Waals surface area contributed by atoms with Gasteiger partial charge in [0.1, 0.15) is 12.4 Å². The van der Waals surface area contributed by atoms with E-state index in [1.165, 1.54) is 10.8 Å². The van der Waals surface area contributed by atoms with E-state index in [0.717, 1.165) is 35.6 Å². The molecule has 1 N–H and O–H groups in total. The Labute approximate surface area is 162 Å². The average Bonchev–Trinajstić information content (AvgIpc) is 2.96. The standard InChI is InChI=1S/C20H24N6O2/c1-14-5-3-7-16(11-14)21-18(27)13-26-20(28)25-10-8-17(22-19(25)23-26)24-9-4-6-15(2)12-24/h3,5,7-8,10-11,15H,4,6,9,12-13H2,1-2H3,(H,21,27)/t15-/m1/s1. The number of carbonyl (C=O) groups is 1. The molecule has 28 heavy (non-hydrogen) atoms. The number of aromatic nitrogens is 4. The van der Waals surface area contributed by atoms with Gasteiger partial charge < -0.3 is 10.2 Å². The van der Waals surface area contributed by atoms with Gasteiger partial charge in [-0.1, -0.05) is 19.1 Å². The van der Waals surface area contributed by atoms with Crippen molar-refractivity contribution >= 4 is 23.2 Å². The molecule has 3 heterocycles. The van der Waals surface area contributed by atoms with E-state index < -0.39 is 0 Å². The first kappa shape index (κ1) is 18.2. The molecule has 0 aliphatic carbocycles. The summed E-state index contributed by atoms with van der Waals surface area (Å²) < 4.78 is 2.52. The second kappa shape index (κ2) is 7.46. The van der Waals surface area contributed by atoms with E-state index in [1.807, 2.05) is 37.3 Å². The predicted molar refractivity (Wildman–Crippen MR) is 108 cm³/mol. The van der Waals surface area contributed by atoms with Crippen LogP contribution in [0.5, 0.6) is 0 Å². The molecule has 1 aliphatic rings. The van der Waals surface area contributed by atoms with Gasteiger partial charge in [-0.05, 0) is 49.4 Å². The predicted octanol–water partition coefficient (Wildman–Crippen LogP) is 2.07. The van der Waals surface area contributed by atoms with Gasteiger partial charge in [-0.15, -0.1) is 5.10 Å². The molecule has 1 aromatic carbocycles. The first-order valence-corrected chi connectivity index (χ1v) is 9.57. The van der Waals surface area contributed by atoms with Crippen molar-refractivity contribution in [2.45, 2.75) is 33.2 Å². The lowest BCUT2D eigenvalue weighted by molar-refractivity contribution is -0.117. The SMILES string of the molecule is Cc1cccc(NC(=O)Cn2nc3nc(N4CCC[C@@H](C)C4)ccn3c2=O)c1. The van der Waals surface area contributed by atoms with Gasteiger partial charge in [-0.3, -0.25) is 4.79 Å². The maximum Gasteiger partial charge on any atom is 0.352 e. The number of nitrogens with one attached hydrogen (secondary N) is 1. The zero-order valence-electron chi connectivity index (χ0n) is 16.1. The lowest BCUT2D eigenvalue weighted by Gasteiger charge is -2.31. The van der Waals surface area contributed by atoms with E-state index in [-0.39, 0.29) is 18.1 Å². The largest absolute Gasteiger partial charge is 0.356 e. The quantitative estimate of drug-likeness (QED) is 0.749. The van der Waals surface area contributed by atoms with Crippen molar-refractivity contribution in [2.75, 3.05) is 23.3 Å². The highest BCUT2D eigenvalue weighted by Crippen LogP contribution is 2.21. The fraction of sp³-hybridized carbons (Fsp3) is 0.400. The summed E-state index contributed by atoms with van der Waals surface area (Å²) in [5.41, 5.74) is 1.37. The lowest BCUT2D eigenvalue weighted by atomic mass is 10.0. The van der Waals surface area contributed by atoms with Gasteiger partial charge in [0.25, 0.3) is 5.78 Å². The van der Waals surface area contributed by atoms with E-state index in [9.17, 15) is 9.59 Å². The summed E-state index contributed by atoms with van der Waals surface area (Å²) in [5, 5.41) is 7.05. The molecule has 1 amide bonds. The topological polar surface area (TPSA) is 84.5 Å². The van der Waals surface area contributed by atoms with Crippen molar-refractivity contribution in [3.8, 4) is 0 Å². The van der Waals surface area contributed by atoms with Crippen molar-refractivity contribution in [3.63, 3.8) is 0 Å². The van der Waals surface area contributed by atoms with Crippen LogP contribution in [0.15, 0.2) is 41.3 Å². The first-order chi connectivity index (χ1) is 13.5. The summed E-state index contributed by atoms with van der Waals surface area (Å²) in [6.07, 6.45) is 4.04. The van der Waals surface area contributed by atoms with Crippen molar-refractivity contribution < 1.29 is 4.79 Å². The minimum Gasteiger partial charge on any atom is -0.356 e. The fourth-order valence-electron chi connectivity index (χ4n) is 3.63. The van der Waals surface area contributed by atoms with Crippen molar-refractivity contribution in [1.29, 1.82) is 0 Å². The molecule has 4 rings (SSSR count). The Morgan fingerprint density at radius 3 is 2.96 bits per heavy atom. The number of fused-ring (bicyclic) bond motifs is 1. The zero-order valence-corrected chi connectivity index (χ0v) is 16.1. The number of amides is 1. The lowest BCUT2D eigenvalue weighted by Crippen LogP contribution is -2.34. The van der Waals surface area contributed by atoms with Crippen molar-refractivity contribution in [1.82, 2.24) is 19.2 Å². The highest BCUT2D eigenvalue weighted by molar-refractivity contribution is 5.90.